The number of aromatic nitrogens is 3. The lowest BCUT2D eigenvalue weighted by Crippen LogP contribution is -2.61. The molecular formula is C18H18F3N4O5+. The topological polar surface area (TPSA) is 97.6 Å². The molecule has 0 spiro atoms. The van der Waals surface area contributed by atoms with Crippen molar-refractivity contribution in [3.8, 4) is 22.6 Å². The second-order valence-electron chi connectivity index (χ2n) is 7.47. The molecule has 0 bridgehead atoms. The van der Waals surface area contributed by atoms with Crippen molar-refractivity contribution >= 4 is 5.97 Å². The fourth-order valence-corrected chi connectivity index (χ4v) is 3.31. The van der Waals surface area contributed by atoms with Crippen molar-refractivity contribution in [1.82, 2.24) is 15.4 Å². The molecule has 12 heteroatoms. The number of benzene rings is 1. The molecule has 30 heavy (non-hydrogen) atoms. The molecule has 9 nitrogen and oxygen atoms in total. The van der Waals surface area contributed by atoms with E-state index in [9.17, 15) is 22.9 Å². The third-order valence-corrected chi connectivity index (χ3v) is 4.96. The van der Waals surface area contributed by atoms with Gasteiger partial charge in [-0.25, -0.2) is 4.79 Å². The van der Waals surface area contributed by atoms with E-state index >= 15 is 0 Å². The molecule has 1 aromatic heterocycles. The standard InChI is InChI=1S/C18H18F3N4O5/c1-9-4-14-11(5-13(9)29-17(3)7-22-8-17)15-10(2)24(27)25(23-12(15)6-28-14)30-16(26)18(19,20)21/h4-5,22H,6-8H2,1-3H3/q+1. The van der Waals surface area contributed by atoms with E-state index in [1.54, 1.807) is 12.1 Å². The first-order valence-electron chi connectivity index (χ1n) is 9.01. The largest absolute Gasteiger partial charge is 0.493 e. The van der Waals surface area contributed by atoms with Crippen LogP contribution in [0.25, 0.3) is 11.1 Å². The molecule has 0 amide bonds. The summed E-state index contributed by atoms with van der Waals surface area (Å²) in [6.07, 6.45) is -5.27. The quantitative estimate of drug-likeness (QED) is 0.736. The average molecular weight is 427 g/mol. The Morgan fingerprint density at radius 2 is 2.03 bits per heavy atom. The zero-order valence-corrected chi connectivity index (χ0v) is 16.3. The number of ether oxygens (including phenoxy) is 2. The van der Waals surface area contributed by atoms with Gasteiger partial charge in [0.15, 0.2) is 12.3 Å². The minimum absolute atomic E-state index is 0.00847. The SMILES string of the molecule is Cc1cc2c(cc1OC1(C)CNC1)-c1c(nn(OC(=O)C(F)(F)F)[n+](=O)c1C)CO2. The molecule has 1 aromatic carbocycles. The van der Waals surface area contributed by atoms with Gasteiger partial charge in [-0.3, -0.25) is 4.84 Å². The van der Waals surface area contributed by atoms with Crippen LogP contribution >= 0.6 is 0 Å². The van der Waals surface area contributed by atoms with E-state index in [0.29, 0.717) is 35.7 Å². The zero-order chi connectivity index (χ0) is 21.8. The Balaban J connectivity index is 1.77. The molecule has 2 aliphatic rings. The van der Waals surface area contributed by atoms with Crippen LogP contribution in [0.15, 0.2) is 12.1 Å². The first-order chi connectivity index (χ1) is 14.0. The van der Waals surface area contributed by atoms with Crippen LogP contribution in [0.2, 0.25) is 0 Å². The van der Waals surface area contributed by atoms with Crippen LogP contribution in [0.1, 0.15) is 23.9 Å². The van der Waals surface area contributed by atoms with Gasteiger partial charge >= 0.3 is 12.1 Å². The maximum atomic E-state index is 12.5. The van der Waals surface area contributed by atoms with Gasteiger partial charge in [0.05, 0.1) is 10.7 Å². The van der Waals surface area contributed by atoms with E-state index in [-0.39, 0.29) is 33.1 Å². The number of aryl methyl sites for hydroxylation is 1. The fraction of sp³-hybridized carbons (Fsp3) is 0.444. The highest BCUT2D eigenvalue weighted by Gasteiger charge is 2.44. The number of fused-ring (bicyclic) bond motifs is 3. The van der Waals surface area contributed by atoms with Crippen molar-refractivity contribution in [2.75, 3.05) is 13.1 Å². The van der Waals surface area contributed by atoms with E-state index in [2.05, 4.69) is 15.3 Å². The van der Waals surface area contributed by atoms with E-state index in [4.69, 9.17) is 9.47 Å². The molecular weight excluding hydrogens is 409 g/mol. The molecule has 2 aromatic rings. The van der Waals surface area contributed by atoms with Crippen molar-refractivity contribution < 1.29 is 36.8 Å². The van der Waals surface area contributed by atoms with Gasteiger partial charge in [0.2, 0.25) is 10.7 Å². The van der Waals surface area contributed by atoms with Crippen molar-refractivity contribution in [3.05, 3.63) is 34.0 Å². The maximum absolute atomic E-state index is 12.5. The van der Waals surface area contributed by atoms with Gasteiger partial charge in [0.25, 0.3) is 0 Å². The molecule has 160 valence electrons. The van der Waals surface area contributed by atoms with E-state index < -0.39 is 12.1 Å². The highest BCUT2D eigenvalue weighted by atomic mass is 19.4. The fourth-order valence-electron chi connectivity index (χ4n) is 3.31. The Labute approximate surface area is 167 Å². The highest BCUT2D eigenvalue weighted by molar-refractivity contribution is 5.77. The molecule has 1 saturated heterocycles. The van der Waals surface area contributed by atoms with Crippen LogP contribution in [0.3, 0.4) is 0 Å². The minimum Gasteiger partial charge on any atom is -0.485 e. The minimum atomic E-state index is -5.27. The Morgan fingerprint density at radius 1 is 1.33 bits per heavy atom. The summed E-state index contributed by atoms with van der Waals surface area (Å²) in [5.74, 6) is -1.49. The number of nitrogens with zero attached hydrogens (tertiary/aromatic N) is 3. The van der Waals surface area contributed by atoms with Crippen LogP contribution in [-0.4, -0.2) is 40.9 Å². The Kier molecular flexibility index (Phi) is 4.49. The Morgan fingerprint density at radius 3 is 2.63 bits per heavy atom. The highest BCUT2D eigenvalue weighted by Crippen LogP contribution is 2.42. The third-order valence-electron chi connectivity index (χ3n) is 4.96. The summed E-state index contributed by atoms with van der Waals surface area (Å²) >= 11 is 0. The lowest BCUT2D eigenvalue weighted by Gasteiger charge is -2.40. The maximum Gasteiger partial charge on any atom is 0.493 e. The van der Waals surface area contributed by atoms with Crippen LogP contribution in [0.5, 0.6) is 11.5 Å². The van der Waals surface area contributed by atoms with Crippen molar-refractivity contribution in [1.29, 1.82) is 0 Å². The summed E-state index contributed by atoms with van der Waals surface area (Å²) < 4.78 is 49.2. The number of halogens is 3. The number of carbonyl (C=O) groups excluding carboxylic acids is 1. The van der Waals surface area contributed by atoms with Crippen molar-refractivity contribution in [2.24, 2.45) is 0 Å². The van der Waals surface area contributed by atoms with Gasteiger partial charge < -0.3 is 14.8 Å². The summed E-state index contributed by atoms with van der Waals surface area (Å²) in [5, 5.41) is 6.87. The number of rotatable bonds is 3. The molecule has 0 saturated carbocycles. The van der Waals surface area contributed by atoms with Crippen molar-refractivity contribution in [2.45, 2.75) is 39.2 Å². The number of hydrogen-bond donors (Lipinski definition) is 1. The van der Waals surface area contributed by atoms with Crippen LogP contribution < -0.4 is 24.2 Å². The molecule has 3 heterocycles. The lowest BCUT2D eigenvalue weighted by molar-refractivity contribution is -0.646. The number of nitrogens with one attached hydrogen (secondary N) is 1. The number of hydrogen-bond acceptors (Lipinski definition) is 7. The van der Waals surface area contributed by atoms with Gasteiger partial charge in [-0.05, 0) is 36.5 Å². The summed E-state index contributed by atoms with van der Waals surface area (Å²) in [6.45, 7) is 6.46. The van der Waals surface area contributed by atoms with Gasteiger partial charge in [-0.1, -0.05) is 0 Å². The van der Waals surface area contributed by atoms with Crippen LogP contribution in [0.4, 0.5) is 13.2 Å². The lowest BCUT2D eigenvalue weighted by atomic mass is 9.96. The summed E-state index contributed by atoms with van der Waals surface area (Å²) in [4.78, 5) is 27.6. The Bertz CT molecular complexity index is 1110. The second kappa shape index (κ2) is 6.69. The second-order valence-corrected chi connectivity index (χ2v) is 7.47. The van der Waals surface area contributed by atoms with Gasteiger partial charge in [0.1, 0.15) is 21.6 Å². The van der Waals surface area contributed by atoms with E-state index in [0.717, 1.165) is 5.56 Å². The molecule has 0 radical (unpaired) electrons. The average Bonchev–Trinajstić information content (AvgIpc) is 2.64. The van der Waals surface area contributed by atoms with Gasteiger partial charge in [-0.2, -0.15) is 13.2 Å². The molecule has 2 aliphatic heterocycles. The molecule has 1 fully saturated rings. The molecule has 4 rings (SSSR count). The first kappa shape index (κ1) is 20.1. The van der Waals surface area contributed by atoms with Gasteiger partial charge in [-0.15, -0.1) is 0 Å². The number of alkyl halides is 3. The van der Waals surface area contributed by atoms with Crippen LogP contribution in [0, 0.1) is 18.8 Å². The molecule has 0 unspecified atom stereocenters. The smallest absolute Gasteiger partial charge is 0.485 e. The summed E-state index contributed by atoms with van der Waals surface area (Å²) in [6, 6.07) is 3.48. The van der Waals surface area contributed by atoms with E-state index in [1.165, 1.54) is 6.92 Å². The van der Waals surface area contributed by atoms with E-state index in [1.807, 2.05) is 13.8 Å². The van der Waals surface area contributed by atoms with Crippen molar-refractivity contribution in [3.63, 3.8) is 0 Å². The molecule has 1 N–H and O–H groups in total. The normalized spacial score (nSPS) is 16.6. The molecule has 0 aliphatic carbocycles. The predicted molar refractivity (Wildman–Crippen MR) is 94.4 cm³/mol. The monoisotopic (exact) mass is 427 g/mol. The van der Waals surface area contributed by atoms with Crippen LogP contribution in [-0.2, 0) is 11.4 Å². The molecule has 0 atom stereocenters. The summed E-state index contributed by atoms with van der Waals surface area (Å²) in [5.41, 5.74) is 1.49. The first-order valence-corrected chi connectivity index (χ1v) is 9.01. The Hall–Kier alpha value is -3.15. The number of carbonyl (C=O) groups is 1. The predicted octanol–water partition coefficient (Wildman–Crippen LogP) is 1.23. The van der Waals surface area contributed by atoms with Gasteiger partial charge in [0, 0.05) is 25.6 Å². The summed E-state index contributed by atoms with van der Waals surface area (Å²) in [7, 11) is 0. The zero-order valence-electron chi connectivity index (χ0n) is 16.3. The third kappa shape index (κ3) is 3.36.